The van der Waals surface area contributed by atoms with Crippen LogP contribution in [0.25, 0.3) is 10.9 Å². The number of imide groups is 1. The van der Waals surface area contributed by atoms with Crippen molar-refractivity contribution in [3.63, 3.8) is 0 Å². The Morgan fingerprint density at radius 3 is 2.66 bits per heavy atom. The van der Waals surface area contributed by atoms with Crippen molar-refractivity contribution in [1.82, 2.24) is 14.8 Å². The minimum Gasteiger partial charge on any atom is -0.497 e. The van der Waals surface area contributed by atoms with Crippen molar-refractivity contribution < 1.29 is 19.1 Å². The summed E-state index contributed by atoms with van der Waals surface area (Å²) in [5.74, 6) is 0.271. The van der Waals surface area contributed by atoms with E-state index < -0.39 is 12.1 Å². The van der Waals surface area contributed by atoms with Gasteiger partial charge in [-0.1, -0.05) is 18.2 Å². The first-order chi connectivity index (χ1) is 15.5. The first-order valence-corrected chi connectivity index (χ1v) is 10.5. The van der Waals surface area contributed by atoms with Crippen LogP contribution in [-0.2, 0) is 23.1 Å². The van der Waals surface area contributed by atoms with Gasteiger partial charge in [-0.2, -0.15) is 0 Å². The van der Waals surface area contributed by atoms with Crippen LogP contribution in [0, 0.1) is 0 Å². The fourth-order valence-electron chi connectivity index (χ4n) is 3.92. The van der Waals surface area contributed by atoms with Crippen LogP contribution in [0.3, 0.4) is 0 Å². The molecule has 1 aliphatic rings. The molecule has 0 spiro atoms. The third-order valence-electron chi connectivity index (χ3n) is 5.75. The van der Waals surface area contributed by atoms with E-state index in [1.54, 1.807) is 7.11 Å². The van der Waals surface area contributed by atoms with E-state index in [-0.39, 0.29) is 31.2 Å². The number of urea groups is 1. The molecule has 1 aliphatic heterocycles. The average molecular weight is 434 g/mol. The maximum Gasteiger partial charge on any atom is 0.324 e. The summed E-state index contributed by atoms with van der Waals surface area (Å²) in [5, 5.41) is 6.57. The number of carbonyl (C=O) groups is 3. The molecule has 4 amide bonds. The standard InChI is InChI=1S/C24H26N4O4/c1-27-14-13-18-19(4-3-5-21(18)27)25-22(29)11-10-20-23(30)28(24(31)26-20)15-12-16-6-8-17(32-2)9-7-16/h3-9,13-14,20H,10-12,15H2,1-2H3,(H,25,29)(H,26,31)/t20-/m1/s1. The van der Waals surface area contributed by atoms with Crippen molar-refractivity contribution >= 4 is 34.4 Å². The summed E-state index contributed by atoms with van der Waals surface area (Å²) in [6, 6.07) is 14.1. The van der Waals surface area contributed by atoms with Gasteiger partial charge in [0.1, 0.15) is 11.8 Å². The quantitative estimate of drug-likeness (QED) is 0.533. The lowest BCUT2D eigenvalue weighted by atomic mass is 10.1. The Morgan fingerprint density at radius 2 is 1.91 bits per heavy atom. The molecule has 3 aromatic rings. The van der Waals surface area contributed by atoms with Crippen molar-refractivity contribution in [3.8, 4) is 5.75 Å². The number of amides is 4. The molecule has 0 radical (unpaired) electrons. The number of hydrogen-bond donors (Lipinski definition) is 2. The largest absolute Gasteiger partial charge is 0.497 e. The molecule has 0 aliphatic carbocycles. The maximum absolute atomic E-state index is 12.7. The molecule has 8 nitrogen and oxygen atoms in total. The van der Waals surface area contributed by atoms with Crippen molar-refractivity contribution in [2.45, 2.75) is 25.3 Å². The summed E-state index contributed by atoms with van der Waals surface area (Å²) in [7, 11) is 3.55. The Morgan fingerprint density at radius 1 is 1.12 bits per heavy atom. The van der Waals surface area contributed by atoms with Crippen LogP contribution in [0.15, 0.2) is 54.7 Å². The van der Waals surface area contributed by atoms with Crippen molar-refractivity contribution in [3.05, 3.63) is 60.3 Å². The summed E-state index contributed by atoms with van der Waals surface area (Å²) >= 11 is 0. The van der Waals surface area contributed by atoms with Gasteiger partial charge >= 0.3 is 6.03 Å². The van der Waals surface area contributed by atoms with Gasteiger partial charge in [-0.05, 0) is 48.7 Å². The fraction of sp³-hybridized carbons (Fsp3) is 0.292. The van der Waals surface area contributed by atoms with Gasteiger partial charge in [0, 0.05) is 37.1 Å². The normalized spacial score (nSPS) is 15.8. The minimum absolute atomic E-state index is 0.131. The second-order valence-corrected chi connectivity index (χ2v) is 7.84. The van der Waals surface area contributed by atoms with E-state index in [4.69, 9.17) is 4.74 Å². The van der Waals surface area contributed by atoms with Gasteiger partial charge in [-0.15, -0.1) is 0 Å². The highest BCUT2D eigenvalue weighted by Crippen LogP contribution is 2.24. The predicted molar refractivity (Wildman–Crippen MR) is 122 cm³/mol. The van der Waals surface area contributed by atoms with Crippen LogP contribution in [0.1, 0.15) is 18.4 Å². The average Bonchev–Trinajstić information content (AvgIpc) is 3.31. The Hall–Kier alpha value is -3.81. The third-order valence-corrected chi connectivity index (χ3v) is 5.75. The summed E-state index contributed by atoms with van der Waals surface area (Å²) in [6.45, 7) is 0.287. The molecule has 2 heterocycles. The third kappa shape index (κ3) is 4.44. The number of nitrogens with one attached hydrogen (secondary N) is 2. The monoisotopic (exact) mass is 434 g/mol. The highest BCUT2D eigenvalue weighted by molar-refractivity contribution is 6.05. The van der Waals surface area contributed by atoms with Gasteiger partial charge in [0.05, 0.1) is 12.8 Å². The van der Waals surface area contributed by atoms with E-state index >= 15 is 0 Å². The molecule has 1 atom stereocenters. The lowest BCUT2D eigenvalue weighted by molar-refractivity contribution is -0.127. The van der Waals surface area contributed by atoms with E-state index in [0.717, 1.165) is 27.9 Å². The first kappa shape index (κ1) is 21.4. The number of methoxy groups -OCH3 is 1. The van der Waals surface area contributed by atoms with Gasteiger partial charge in [-0.3, -0.25) is 14.5 Å². The predicted octanol–water partition coefficient (Wildman–Crippen LogP) is 3.07. The van der Waals surface area contributed by atoms with Crippen LogP contribution in [-0.4, -0.2) is 47.0 Å². The Bertz CT molecular complexity index is 1150. The van der Waals surface area contributed by atoms with Crippen LogP contribution in [0.4, 0.5) is 10.5 Å². The molecule has 1 saturated heterocycles. The van der Waals surface area contributed by atoms with E-state index in [0.29, 0.717) is 6.42 Å². The number of ether oxygens (including phenoxy) is 1. The molecule has 1 fully saturated rings. The number of aryl methyl sites for hydroxylation is 1. The fourth-order valence-corrected chi connectivity index (χ4v) is 3.92. The molecule has 32 heavy (non-hydrogen) atoms. The van der Waals surface area contributed by atoms with Gasteiger partial charge < -0.3 is 19.9 Å². The van der Waals surface area contributed by atoms with E-state index in [1.165, 1.54) is 4.90 Å². The van der Waals surface area contributed by atoms with E-state index in [1.807, 2.05) is 66.3 Å². The minimum atomic E-state index is -0.684. The molecule has 1 aromatic heterocycles. The highest BCUT2D eigenvalue weighted by Gasteiger charge is 2.37. The number of hydrogen-bond acceptors (Lipinski definition) is 4. The van der Waals surface area contributed by atoms with Crippen LogP contribution < -0.4 is 15.4 Å². The van der Waals surface area contributed by atoms with Gasteiger partial charge in [-0.25, -0.2) is 4.79 Å². The highest BCUT2D eigenvalue weighted by atomic mass is 16.5. The number of fused-ring (bicyclic) bond motifs is 1. The number of rotatable bonds is 8. The Labute approximate surface area is 186 Å². The van der Waals surface area contributed by atoms with Crippen molar-refractivity contribution in [1.29, 1.82) is 0 Å². The summed E-state index contributed by atoms with van der Waals surface area (Å²) in [6.07, 6.45) is 2.87. The van der Waals surface area contributed by atoms with Crippen molar-refractivity contribution in [2.24, 2.45) is 7.05 Å². The second-order valence-electron chi connectivity index (χ2n) is 7.84. The molecule has 0 bridgehead atoms. The zero-order chi connectivity index (χ0) is 22.7. The lowest BCUT2D eigenvalue weighted by Crippen LogP contribution is -2.33. The van der Waals surface area contributed by atoms with Gasteiger partial charge in [0.2, 0.25) is 5.91 Å². The molecular formula is C24H26N4O4. The Balaban J connectivity index is 1.30. The Kier molecular flexibility index (Phi) is 6.11. The molecule has 2 aromatic carbocycles. The van der Waals surface area contributed by atoms with Gasteiger partial charge in [0.15, 0.2) is 0 Å². The van der Waals surface area contributed by atoms with Crippen LogP contribution in [0.5, 0.6) is 5.75 Å². The maximum atomic E-state index is 12.7. The molecule has 8 heteroatoms. The second kappa shape index (κ2) is 9.13. The van der Waals surface area contributed by atoms with Crippen molar-refractivity contribution in [2.75, 3.05) is 19.0 Å². The van der Waals surface area contributed by atoms with E-state index in [9.17, 15) is 14.4 Å². The van der Waals surface area contributed by atoms with Crippen LogP contribution >= 0.6 is 0 Å². The molecule has 0 saturated carbocycles. The molecule has 166 valence electrons. The summed E-state index contributed by atoms with van der Waals surface area (Å²) < 4.78 is 7.12. The molecule has 4 rings (SSSR count). The van der Waals surface area contributed by atoms with Crippen LogP contribution in [0.2, 0.25) is 0 Å². The number of benzene rings is 2. The molecular weight excluding hydrogens is 408 g/mol. The summed E-state index contributed by atoms with van der Waals surface area (Å²) in [5.41, 5.74) is 2.76. The first-order valence-electron chi connectivity index (χ1n) is 10.5. The molecule has 0 unspecified atom stereocenters. The number of aromatic nitrogens is 1. The lowest BCUT2D eigenvalue weighted by Gasteiger charge is -2.13. The SMILES string of the molecule is COc1ccc(CCN2C(=O)N[C@H](CCC(=O)Nc3cccc4c3ccn4C)C2=O)cc1. The van der Waals surface area contributed by atoms with E-state index in [2.05, 4.69) is 10.6 Å². The number of nitrogens with zero attached hydrogens (tertiary/aromatic N) is 2. The van der Waals surface area contributed by atoms with Gasteiger partial charge in [0.25, 0.3) is 5.91 Å². The topological polar surface area (TPSA) is 92.7 Å². The smallest absolute Gasteiger partial charge is 0.324 e. The zero-order valence-corrected chi connectivity index (χ0v) is 18.1. The zero-order valence-electron chi connectivity index (χ0n) is 18.1. The molecule has 2 N–H and O–H groups in total. The number of anilines is 1. The summed E-state index contributed by atoms with van der Waals surface area (Å²) in [4.78, 5) is 38.7. The number of carbonyl (C=O) groups excluding carboxylic acids is 3.